The van der Waals surface area contributed by atoms with E-state index in [2.05, 4.69) is 5.10 Å². The molecule has 6 heteroatoms. The van der Waals surface area contributed by atoms with Crippen molar-refractivity contribution in [2.75, 3.05) is 13.7 Å². The fourth-order valence-corrected chi connectivity index (χ4v) is 2.91. The molecular weight excluding hydrogens is 294 g/mol. The van der Waals surface area contributed by atoms with Crippen molar-refractivity contribution in [1.82, 2.24) is 14.7 Å². The Labute approximate surface area is 134 Å². The number of carbonyl (C=O) groups excluding carboxylic acids is 2. The molecule has 1 aromatic heterocycles. The molecule has 2 heterocycles. The highest BCUT2D eigenvalue weighted by atomic mass is 16.5. The monoisotopic (exact) mass is 313 g/mol. The Morgan fingerprint density at radius 2 is 2.09 bits per heavy atom. The number of carbonyl (C=O) groups is 2. The molecular formula is C17H19N3O3. The number of esters is 1. The highest BCUT2D eigenvalue weighted by Crippen LogP contribution is 2.20. The summed E-state index contributed by atoms with van der Waals surface area (Å²) < 4.78 is 6.54. The summed E-state index contributed by atoms with van der Waals surface area (Å²) in [5, 5.41) is 4.17. The van der Waals surface area contributed by atoms with Crippen molar-refractivity contribution >= 4 is 11.9 Å². The number of benzene rings is 1. The zero-order chi connectivity index (χ0) is 16.2. The molecule has 0 bridgehead atoms. The van der Waals surface area contributed by atoms with Crippen molar-refractivity contribution in [2.24, 2.45) is 0 Å². The van der Waals surface area contributed by atoms with Gasteiger partial charge in [0.25, 0.3) is 0 Å². The van der Waals surface area contributed by atoms with Crippen molar-refractivity contribution < 1.29 is 14.3 Å². The lowest BCUT2D eigenvalue weighted by atomic mass is 10.1. The second-order valence-electron chi connectivity index (χ2n) is 5.56. The standard InChI is InChI=1S/C17H19N3O3/c1-23-17(22)15-4-2-10-19(15)16(21)12-13-5-7-14(8-6-13)20-11-3-9-18-20/h3,5-9,11,15H,2,4,10,12H2,1H3/t15-/m0/s1. The molecule has 6 nitrogen and oxygen atoms in total. The van der Waals surface area contributed by atoms with Crippen LogP contribution in [0.5, 0.6) is 0 Å². The average molecular weight is 313 g/mol. The number of hydrogen-bond acceptors (Lipinski definition) is 4. The lowest BCUT2D eigenvalue weighted by molar-refractivity contribution is -0.150. The van der Waals surface area contributed by atoms with Crippen LogP contribution in [0.2, 0.25) is 0 Å². The van der Waals surface area contributed by atoms with Gasteiger partial charge in [-0.05, 0) is 36.6 Å². The molecule has 3 rings (SSSR count). The van der Waals surface area contributed by atoms with Crippen LogP contribution in [-0.2, 0) is 20.7 Å². The summed E-state index contributed by atoms with van der Waals surface area (Å²) >= 11 is 0. The quantitative estimate of drug-likeness (QED) is 0.804. The average Bonchev–Trinajstić information content (AvgIpc) is 3.26. The highest BCUT2D eigenvalue weighted by Gasteiger charge is 2.34. The zero-order valence-electron chi connectivity index (χ0n) is 13.0. The molecule has 1 aromatic carbocycles. The Bertz CT molecular complexity index is 680. The van der Waals surface area contributed by atoms with Gasteiger partial charge in [-0.15, -0.1) is 0 Å². The van der Waals surface area contributed by atoms with E-state index in [1.165, 1.54) is 7.11 Å². The van der Waals surface area contributed by atoms with E-state index in [0.717, 1.165) is 17.7 Å². The fourth-order valence-electron chi connectivity index (χ4n) is 2.91. The van der Waals surface area contributed by atoms with E-state index in [1.54, 1.807) is 15.8 Å². The topological polar surface area (TPSA) is 64.4 Å². The van der Waals surface area contributed by atoms with Crippen LogP contribution in [0.1, 0.15) is 18.4 Å². The molecule has 0 unspecified atom stereocenters. The fraction of sp³-hybridized carbons (Fsp3) is 0.353. The Hall–Kier alpha value is -2.63. The molecule has 1 atom stereocenters. The lowest BCUT2D eigenvalue weighted by Gasteiger charge is -2.22. The van der Waals surface area contributed by atoms with Crippen molar-refractivity contribution in [2.45, 2.75) is 25.3 Å². The minimum absolute atomic E-state index is 0.0373. The van der Waals surface area contributed by atoms with Crippen LogP contribution in [0.15, 0.2) is 42.7 Å². The molecule has 0 N–H and O–H groups in total. The number of amides is 1. The summed E-state index contributed by atoms with van der Waals surface area (Å²) in [6.45, 7) is 0.615. The van der Waals surface area contributed by atoms with Gasteiger partial charge in [-0.3, -0.25) is 4.79 Å². The maximum Gasteiger partial charge on any atom is 0.328 e. The number of likely N-dealkylation sites (tertiary alicyclic amines) is 1. The second kappa shape index (κ2) is 6.64. The van der Waals surface area contributed by atoms with E-state index in [1.807, 2.05) is 36.5 Å². The lowest BCUT2D eigenvalue weighted by Crippen LogP contribution is -2.41. The van der Waals surface area contributed by atoms with Crippen molar-refractivity contribution in [3.8, 4) is 5.69 Å². The predicted octanol–water partition coefficient (Wildman–Crippen LogP) is 1.58. The number of methoxy groups -OCH3 is 1. The van der Waals surface area contributed by atoms with Gasteiger partial charge in [0.05, 0.1) is 19.2 Å². The number of nitrogens with zero attached hydrogens (tertiary/aromatic N) is 3. The molecule has 1 amide bonds. The zero-order valence-corrected chi connectivity index (χ0v) is 13.0. The Kier molecular flexibility index (Phi) is 4.41. The molecule has 1 saturated heterocycles. The second-order valence-corrected chi connectivity index (χ2v) is 5.56. The van der Waals surface area contributed by atoms with Gasteiger partial charge in [0.1, 0.15) is 6.04 Å². The van der Waals surface area contributed by atoms with Gasteiger partial charge < -0.3 is 9.64 Å². The van der Waals surface area contributed by atoms with Gasteiger partial charge in [0.2, 0.25) is 5.91 Å². The molecule has 2 aromatic rings. The third-order valence-corrected chi connectivity index (χ3v) is 4.11. The van der Waals surface area contributed by atoms with Gasteiger partial charge in [-0.25, -0.2) is 9.48 Å². The predicted molar refractivity (Wildman–Crippen MR) is 84.0 cm³/mol. The minimum atomic E-state index is -0.434. The van der Waals surface area contributed by atoms with Gasteiger partial charge in [-0.1, -0.05) is 12.1 Å². The van der Waals surface area contributed by atoms with Gasteiger partial charge in [0.15, 0.2) is 0 Å². The summed E-state index contributed by atoms with van der Waals surface area (Å²) in [6, 6.07) is 9.11. The van der Waals surface area contributed by atoms with E-state index in [-0.39, 0.29) is 18.3 Å². The van der Waals surface area contributed by atoms with Crippen LogP contribution < -0.4 is 0 Å². The van der Waals surface area contributed by atoms with Crippen molar-refractivity contribution in [3.63, 3.8) is 0 Å². The molecule has 1 aliphatic rings. The Balaban J connectivity index is 1.67. The van der Waals surface area contributed by atoms with Crippen LogP contribution in [-0.4, -0.2) is 46.3 Å². The molecule has 0 radical (unpaired) electrons. The SMILES string of the molecule is COC(=O)[C@@H]1CCCN1C(=O)Cc1ccc(-n2cccn2)cc1. The van der Waals surface area contributed by atoms with Crippen LogP contribution in [0.4, 0.5) is 0 Å². The first kappa shape index (κ1) is 15.3. The minimum Gasteiger partial charge on any atom is -0.467 e. The molecule has 0 spiro atoms. The van der Waals surface area contributed by atoms with Gasteiger partial charge in [-0.2, -0.15) is 5.10 Å². The third kappa shape index (κ3) is 3.26. The van der Waals surface area contributed by atoms with E-state index in [4.69, 9.17) is 4.74 Å². The van der Waals surface area contributed by atoms with Crippen molar-refractivity contribution in [1.29, 1.82) is 0 Å². The van der Waals surface area contributed by atoms with Crippen LogP contribution >= 0.6 is 0 Å². The smallest absolute Gasteiger partial charge is 0.328 e. The normalized spacial score (nSPS) is 17.3. The van der Waals surface area contributed by atoms with Gasteiger partial charge in [0, 0.05) is 18.9 Å². The first-order valence-corrected chi connectivity index (χ1v) is 7.65. The van der Waals surface area contributed by atoms with E-state index >= 15 is 0 Å². The Morgan fingerprint density at radius 3 is 2.74 bits per heavy atom. The first-order chi connectivity index (χ1) is 11.2. The number of rotatable bonds is 4. The van der Waals surface area contributed by atoms with E-state index < -0.39 is 6.04 Å². The highest BCUT2D eigenvalue weighted by molar-refractivity contribution is 5.86. The maximum absolute atomic E-state index is 12.5. The summed E-state index contributed by atoms with van der Waals surface area (Å²) in [7, 11) is 1.36. The summed E-state index contributed by atoms with van der Waals surface area (Å²) in [6.07, 6.45) is 5.39. The molecule has 120 valence electrons. The number of aromatic nitrogens is 2. The van der Waals surface area contributed by atoms with E-state index in [0.29, 0.717) is 13.0 Å². The van der Waals surface area contributed by atoms with Crippen LogP contribution in [0.3, 0.4) is 0 Å². The Morgan fingerprint density at radius 1 is 1.30 bits per heavy atom. The largest absolute Gasteiger partial charge is 0.467 e. The molecule has 0 saturated carbocycles. The summed E-state index contributed by atoms with van der Waals surface area (Å²) in [4.78, 5) is 25.8. The number of ether oxygens (including phenoxy) is 1. The van der Waals surface area contributed by atoms with Crippen LogP contribution in [0, 0.1) is 0 Å². The third-order valence-electron chi connectivity index (χ3n) is 4.11. The first-order valence-electron chi connectivity index (χ1n) is 7.65. The molecule has 1 aliphatic heterocycles. The maximum atomic E-state index is 12.5. The molecule has 23 heavy (non-hydrogen) atoms. The summed E-state index contributed by atoms with van der Waals surface area (Å²) in [5.41, 5.74) is 1.86. The van der Waals surface area contributed by atoms with Crippen molar-refractivity contribution in [3.05, 3.63) is 48.3 Å². The van der Waals surface area contributed by atoms with E-state index in [9.17, 15) is 9.59 Å². The molecule has 1 fully saturated rings. The summed E-state index contributed by atoms with van der Waals surface area (Å²) in [5.74, 6) is -0.366. The van der Waals surface area contributed by atoms with Gasteiger partial charge >= 0.3 is 5.97 Å². The molecule has 0 aliphatic carbocycles. The number of hydrogen-bond donors (Lipinski definition) is 0. The van der Waals surface area contributed by atoms with Crippen LogP contribution in [0.25, 0.3) is 5.69 Å².